The zero-order valence-electron chi connectivity index (χ0n) is 5.55. The van der Waals surface area contributed by atoms with Gasteiger partial charge in [0.15, 0.2) is 5.69 Å². The molecule has 3 N–H and O–H groups in total. The van der Waals surface area contributed by atoms with Crippen LogP contribution in [0.15, 0.2) is 6.20 Å². The van der Waals surface area contributed by atoms with Crippen LogP contribution in [-0.4, -0.2) is 34.3 Å². The molecule has 9 heteroatoms. The van der Waals surface area contributed by atoms with Crippen LogP contribution in [0, 0.1) is 0 Å². The third-order valence-electron chi connectivity index (χ3n) is 0.869. The van der Waals surface area contributed by atoms with Crippen LogP contribution in [-0.2, 0) is 10.3 Å². The number of rotatable bonds is 2. The van der Waals surface area contributed by atoms with Crippen LogP contribution in [0.1, 0.15) is 10.5 Å². The summed E-state index contributed by atoms with van der Waals surface area (Å²) in [6.45, 7) is 0. The highest BCUT2D eigenvalue weighted by Gasteiger charge is 2.14. The number of hydrogen-bond donors (Lipinski definition) is 3. The van der Waals surface area contributed by atoms with Crippen molar-refractivity contribution in [3.05, 3.63) is 11.9 Å². The summed E-state index contributed by atoms with van der Waals surface area (Å²) in [4.78, 5) is 10.7. The predicted molar refractivity (Wildman–Crippen MR) is 35.4 cm³/mol. The van der Waals surface area contributed by atoms with Crippen molar-refractivity contribution in [2.24, 2.45) is 0 Å². The molecule has 1 aromatic heterocycles. The standard InChI is InChI=1S/C3H4N4O4S/c8-3(6-12(9,10)11)2-1-4-7-5-2/h1H,(H,6,8)(H,4,5,7)(H,9,10,11). The molecule has 0 saturated carbocycles. The van der Waals surface area contributed by atoms with Crippen LogP contribution in [0.2, 0.25) is 0 Å². The molecular formula is C3H4N4O4S. The first-order chi connectivity index (χ1) is 5.49. The molecule has 1 aromatic rings. The summed E-state index contributed by atoms with van der Waals surface area (Å²) in [5.74, 6) is -1.05. The molecular weight excluding hydrogens is 188 g/mol. The molecule has 1 amide bonds. The number of carbonyl (C=O) groups excluding carboxylic acids is 1. The van der Waals surface area contributed by atoms with Crippen molar-refractivity contribution in [1.29, 1.82) is 0 Å². The van der Waals surface area contributed by atoms with Gasteiger partial charge in [-0.25, -0.2) is 4.72 Å². The van der Waals surface area contributed by atoms with Crippen molar-refractivity contribution in [2.45, 2.75) is 0 Å². The zero-order chi connectivity index (χ0) is 9.19. The summed E-state index contributed by atoms with van der Waals surface area (Å²) in [6, 6.07) is 0. The summed E-state index contributed by atoms with van der Waals surface area (Å²) in [6.07, 6.45) is 1.01. The Kier molecular flexibility index (Phi) is 2.06. The predicted octanol–water partition coefficient (Wildman–Crippen LogP) is -1.66. The third-order valence-corrected chi connectivity index (χ3v) is 1.31. The Hall–Kier alpha value is -1.48. The number of aromatic amines is 1. The number of H-pyrrole nitrogens is 1. The van der Waals surface area contributed by atoms with Gasteiger partial charge >= 0.3 is 10.3 Å². The van der Waals surface area contributed by atoms with Crippen molar-refractivity contribution in [3.63, 3.8) is 0 Å². The van der Waals surface area contributed by atoms with Gasteiger partial charge in [-0.3, -0.25) is 9.35 Å². The lowest BCUT2D eigenvalue weighted by molar-refractivity contribution is 0.0974. The van der Waals surface area contributed by atoms with E-state index in [1.165, 1.54) is 4.72 Å². The first-order valence-corrected chi connectivity index (χ1v) is 4.08. The number of nitrogens with one attached hydrogen (secondary N) is 2. The second-order valence-corrected chi connectivity index (χ2v) is 2.92. The Morgan fingerprint density at radius 2 is 2.33 bits per heavy atom. The van der Waals surface area contributed by atoms with Crippen molar-refractivity contribution in [2.75, 3.05) is 0 Å². The fraction of sp³-hybridized carbons (Fsp3) is 0. The Labute approximate surface area is 66.9 Å². The number of aromatic nitrogens is 3. The van der Waals surface area contributed by atoms with Gasteiger partial charge in [-0.1, -0.05) is 0 Å². The van der Waals surface area contributed by atoms with E-state index in [0.717, 1.165) is 6.20 Å². The SMILES string of the molecule is O=C(NS(=O)(=O)O)c1cn[nH]n1. The highest BCUT2D eigenvalue weighted by Crippen LogP contribution is 1.88. The molecule has 0 aliphatic rings. The molecule has 0 aromatic carbocycles. The maximum absolute atomic E-state index is 10.7. The molecule has 12 heavy (non-hydrogen) atoms. The van der Waals surface area contributed by atoms with Crippen LogP contribution in [0.25, 0.3) is 0 Å². The first kappa shape index (κ1) is 8.62. The van der Waals surface area contributed by atoms with Crippen molar-refractivity contribution in [3.8, 4) is 0 Å². The largest absolute Gasteiger partial charge is 0.360 e. The van der Waals surface area contributed by atoms with Gasteiger partial charge in [0.2, 0.25) is 0 Å². The maximum Gasteiger partial charge on any atom is 0.360 e. The van der Waals surface area contributed by atoms with E-state index in [-0.39, 0.29) is 5.69 Å². The molecule has 0 bridgehead atoms. The Balaban J connectivity index is 2.76. The van der Waals surface area contributed by atoms with Gasteiger partial charge in [0.1, 0.15) is 0 Å². The van der Waals surface area contributed by atoms with Crippen LogP contribution >= 0.6 is 0 Å². The lowest BCUT2D eigenvalue weighted by atomic mass is 10.5. The van der Waals surface area contributed by atoms with Gasteiger partial charge in [0.25, 0.3) is 5.91 Å². The van der Waals surface area contributed by atoms with E-state index >= 15 is 0 Å². The number of carbonyl (C=O) groups is 1. The van der Waals surface area contributed by atoms with E-state index < -0.39 is 16.2 Å². The quantitative estimate of drug-likeness (QED) is 0.481. The molecule has 8 nitrogen and oxygen atoms in total. The minimum absolute atomic E-state index is 0.229. The first-order valence-electron chi connectivity index (χ1n) is 2.64. The summed E-state index contributed by atoms with van der Waals surface area (Å²) in [7, 11) is -4.53. The molecule has 1 rings (SSSR count). The minimum Gasteiger partial charge on any atom is -0.269 e. The summed E-state index contributed by atoms with van der Waals surface area (Å²) >= 11 is 0. The highest BCUT2D eigenvalue weighted by molar-refractivity contribution is 7.84. The summed E-state index contributed by atoms with van der Waals surface area (Å²) in [5, 5.41) is 8.64. The van der Waals surface area contributed by atoms with E-state index in [9.17, 15) is 13.2 Å². The van der Waals surface area contributed by atoms with Gasteiger partial charge in [-0.2, -0.15) is 23.8 Å². The average molecular weight is 192 g/mol. The summed E-state index contributed by atoms with van der Waals surface area (Å²) in [5.41, 5.74) is -0.229. The van der Waals surface area contributed by atoms with Crippen LogP contribution in [0.4, 0.5) is 0 Å². The van der Waals surface area contributed by atoms with Gasteiger partial charge in [0.05, 0.1) is 6.20 Å². The molecule has 0 aliphatic carbocycles. The second-order valence-electron chi connectivity index (χ2n) is 1.76. The Morgan fingerprint density at radius 3 is 2.75 bits per heavy atom. The molecule has 0 spiro atoms. The lowest BCUT2D eigenvalue weighted by Crippen LogP contribution is -2.29. The minimum atomic E-state index is -4.53. The van der Waals surface area contributed by atoms with Crippen molar-refractivity contribution < 1.29 is 17.8 Å². The number of hydrogen-bond acceptors (Lipinski definition) is 5. The van der Waals surface area contributed by atoms with Gasteiger partial charge in [-0.05, 0) is 0 Å². The Morgan fingerprint density at radius 1 is 1.67 bits per heavy atom. The van der Waals surface area contributed by atoms with E-state index in [4.69, 9.17) is 4.55 Å². The van der Waals surface area contributed by atoms with Crippen LogP contribution < -0.4 is 4.72 Å². The second kappa shape index (κ2) is 2.87. The van der Waals surface area contributed by atoms with E-state index in [0.29, 0.717) is 0 Å². The smallest absolute Gasteiger partial charge is 0.269 e. The molecule has 1 heterocycles. The molecule has 0 aliphatic heterocycles. The molecule has 66 valence electrons. The van der Waals surface area contributed by atoms with Gasteiger partial charge in [-0.15, -0.1) is 0 Å². The number of nitrogens with zero attached hydrogens (tertiary/aromatic N) is 2. The molecule has 0 fully saturated rings. The van der Waals surface area contributed by atoms with Crippen LogP contribution in [0.3, 0.4) is 0 Å². The van der Waals surface area contributed by atoms with Gasteiger partial charge in [0, 0.05) is 0 Å². The fourth-order valence-electron chi connectivity index (χ4n) is 0.480. The Bertz CT molecular complexity index is 367. The van der Waals surface area contributed by atoms with Gasteiger partial charge < -0.3 is 0 Å². The van der Waals surface area contributed by atoms with Crippen molar-refractivity contribution in [1.82, 2.24) is 20.1 Å². The fourth-order valence-corrected chi connectivity index (χ4v) is 0.819. The molecule has 0 saturated heterocycles. The van der Waals surface area contributed by atoms with E-state index in [2.05, 4.69) is 15.4 Å². The summed E-state index contributed by atoms with van der Waals surface area (Å²) < 4.78 is 29.7. The number of amides is 1. The lowest BCUT2D eigenvalue weighted by Gasteiger charge is -1.95. The van der Waals surface area contributed by atoms with Crippen LogP contribution in [0.5, 0.6) is 0 Å². The normalized spacial score (nSPS) is 11.1. The molecule has 0 unspecified atom stereocenters. The van der Waals surface area contributed by atoms with E-state index in [1.54, 1.807) is 0 Å². The molecule has 0 radical (unpaired) electrons. The third kappa shape index (κ3) is 2.29. The highest BCUT2D eigenvalue weighted by atomic mass is 32.2. The molecule has 0 atom stereocenters. The topological polar surface area (TPSA) is 125 Å². The average Bonchev–Trinajstić information content (AvgIpc) is 2.32. The zero-order valence-corrected chi connectivity index (χ0v) is 6.37. The maximum atomic E-state index is 10.7. The van der Waals surface area contributed by atoms with E-state index in [1.807, 2.05) is 0 Å². The monoisotopic (exact) mass is 192 g/mol. The van der Waals surface area contributed by atoms with Crippen molar-refractivity contribution >= 4 is 16.2 Å².